The quantitative estimate of drug-likeness (QED) is 0.300. The second-order valence-corrected chi connectivity index (χ2v) is 5.93. The van der Waals surface area contributed by atoms with E-state index in [0.717, 1.165) is 18.8 Å². The fourth-order valence-corrected chi connectivity index (χ4v) is 2.58. The third-order valence-corrected chi connectivity index (χ3v) is 3.89. The summed E-state index contributed by atoms with van der Waals surface area (Å²) in [4.78, 5) is 0. The largest absolute Gasteiger partial charge is 0.0625 e. The van der Waals surface area contributed by atoms with E-state index in [-0.39, 0.29) is 0 Å². The molecule has 0 rings (SSSR count). The molecular formula is C18H36. The normalized spacial score (nSPS) is 12.8. The molecule has 0 aliphatic carbocycles. The minimum Gasteiger partial charge on any atom is -0.0625 e. The highest BCUT2D eigenvalue weighted by molar-refractivity contribution is 4.55. The lowest BCUT2D eigenvalue weighted by molar-refractivity contribution is 0.456. The zero-order chi connectivity index (χ0) is 13.5. The molecule has 0 aromatic carbocycles. The van der Waals surface area contributed by atoms with E-state index in [1.807, 2.05) is 0 Å². The van der Waals surface area contributed by atoms with Crippen LogP contribution in [0.4, 0.5) is 0 Å². The third kappa shape index (κ3) is 14.1. The van der Waals surface area contributed by atoms with Crippen LogP contribution in [-0.2, 0) is 0 Å². The van der Waals surface area contributed by atoms with Gasteiger partial charge in [-0.1, -0.05) is 111 Å². The van der Waals surface area contributed by atoms with Gasteiger partial charge in [-0.15, -0.1) is 0 Å². The third-order valence-electron chi connectivity index (χ3n) is 3.89. The lowest BCUT2D eigenvalue weighted by atomic mass is 9.98. The number of hydrogen-bond donors (Lipinski definition) is 0. The molecule has 1 atom stereocenters. The maximum absolute atomic E-state index is 3.93. The van der Waals surface area contributed by atoms with Crippen LogP contribution in [0.15, 0.2) is 0 Å². The highest BCUT2D eigenvalue weighted by atomic mass is 14.1. The number of rotatable bonds is 14. The Kier molecular flexibility index (Phi) is 15.1. The minimum absolute atomic E-state index is 0.899. The van der Waals surface area contributed by atoms with Crippen molar-refractivity contribution in [2.45, 2.75) is 96.8 Å². The van der Waals surface area contributed by atoms with Crippen molar-refractivity contribution in [3.05, 3.63) is 13.8 Å². The Bertz CT molecular complexity index is 139. The van der Waals surface area contributed by atoms with E-state index in [4.69, 9.17) is 0 Å². The van der Waals surface area contributed by atoms with Gasteiger partial charge in [0.2, 0.25) is 0 Å². The lowest BCUT2D eigenvalue weighted by Gasteiger charge is -2.09. The van der Waals surface area contributed by atoms with E-state index in [2.05, 4.69) is 20.8 Å². The van der Waals surface area contributed by atoms with Crippen molar-refractivity contribution < 1.29 is 0 Å². The molecule has 0 fully saturated rings. The van der Waals surface area contributed by atoms with Crippen LogP contribution in [0.25, 0.3) is 0 Å². The SMILES string of the molecule is [CH2]CCCCCCCCCCCCC(C)CC[CH2]. The van der Waals surface area contributed by atoms with E-state index >= 15 is 0 Å². The molecule has 2 radical (unpaired) electrons. The summed E-state index contributed by atoms with van der Waals surface area (Å²) in [5.41, 5.74) is 0. The van der Waals surface area contributed by atoms with Crippen LogP contribution < -0.4 is 0 Å². The van der Waals surface area contributed by atoms with Crippen molar-refractivity contribution in [1.29, 1.82) is 0 Å². The van der Waals surface area contributed by atoms with Crippen LogP contribution in [0, 0.1) is 19.8 Å². The van der Waals surface area contributed by atoms with E-state index in [9.17, 15) is 0 Å². The Hall–Kier alpha value is 0. The molecule has 0 saturated heterocycles. The molecule has 1 unspecified atom stereocenters. The van der Waals surface area contributed by atoms with Gasteiger partial charge in [0.1, 0.15) is 0 Å². The highest BCUT2D eigenvalue weighted by Crippen LogP contribution is 2.16. The van der Waals surface area contributed by atoms with Gasteiger partial charge >= 0.3 is 0 Å². The van der Waals surface area contributed by atoms with Gasteiger partial charge in [-0.05, 0) is 5.92 Å². The molecule has 0 heteroatoms. The Labute approximate surface area is 117 Å². The van der Waals surface area contributed by atoms with E-state index in [1.165, 1.54) is 77.0 Å². The van der Waals surface area contributed by atoms with Crippen LogP contribution >= 0.6 is 0 Å². The molecule has 0 aliphatic heterocycles. The standard InChI is InChI=1S/C18H36/c1-4-6-7-8-9-10-11-12-13-14-15-17-18(3)16-5-2/h18H,1-2,4-17H2,3H3. The van der Waals surface area contributed by atoms with E-state index < -0.39 is 0 Å². The monoisotopic (exact) mass is 252 g/mol. The van der Waals surface area contributed by atoms with Crippen molar-refractivity contribution >= 4 is 0 Å². The molecule has 0 N–H and O–H groups in total. The average Bonchev–Trinajstić information content (AvgIpc) is 2.36. The first-order valence-electron chi connectivity index (χ1n) is 8.39. The fourth-order valence-electron chi connectivity index (χ4n) is 2.58. The first-order chi connectivity index (χ1) is 8.81. The summed E-state index contributed by atoms with van der Waals surface area (Å²) < 4.78 is 0. The topological polar surface area (TPSA) is 0 Å². The zero-order valence-corrected chi connectivity index (χ0v) is 12.9. The van der Waals surface area contributed by atoms with Gasteiger partial charge in [0, 0.05) is 0 Å². The van der Waals surface area contributed by atoms with Crippen molar-refractivity contribution in [2.75, 3.05) is 0 Å². The summed E-state index contributed by atoms with van der Waals surface area (Å²) in [7, 11) is 0. The number of hydrogen-bond acceptors (Lipinski definition) is 0. The Balaban J connectivity index is 2.98. The van der Waals surface area contributed by atoms with Crippen LogP contribution in [0.5, 0.6) is 0 Å². The smallest absolute Gasteiger partial charge is 0.0443 e. The van der Waals surface area contributed by atoms with E-state index in [1.54, 1.807) is 0 Å². The van der Waals surface area contributed by atoms with Gasteiger partial charge in [0.25, 0.3) is 0 Å². The van der Waals surface area contributed by atoms with Crippen molar-refractivity contribution in [2.24, 2.45) is 5.92 Å². The maximum atomic E-state index is 3.93. The van der Waals surface area contributed by atoms with Crippen LogP contribution in [-0.4, -0.2) is 0 Å². The van der Waals surface area contributed by atoms with Gasteiger partial charge in [-0.3, -0.25) is 0 Å². The minimum atomic E-state index is 0.899. The molecule has 0 amide bonds. The summed E-state index contributed by atoms with van der Waals surface area (Å²) in [6.07, 6.45) is 19.3. The average molecular weight is 252 g/mol. The second-order valence-electron chi connectivity index (χ2n) is 5.93. The molecule has 18 heavy (non-hydrogen) atoms. The van der Waals surface area contributed by atoms with Crippen LogP contribution in [0.1, 0.15) is 96.8 Å². The second kappa shape index (κ2) is 15.1. The fraction of sp³-hybridized carbons (Fsp3) is 0.889. The molecule has 0 aliphatic rings. The lowest BCUT2D eigenvalue weighted by Crippen LogP contribution is -1.93. The van der Waals surface area contributed by atoms with Gasteiger partial charge in [0.15, 0.2) is 0 Å². The summed E-state index contributed by atoms with van der Waals surface area (Å²) in [5, 5.41) is 0. The molecule has 0 bridgehead atoms. The maximum Gasteiger partial charge on any atom is -0.0443 e. The summed E-state index contributed by atoms with van der Waals surface area (Å²) >= 11 is 0. The van der Waals surface area contributed by atoms with Crippen LogP contribution in [0.3, 0.4) is 0 Å². The van der Waals surface area contributed by atoms with Crippen LogP contribution in [0.2, 0.25) is 0 Å². The Morgan fingerprint density at radius 3 is 1.44 bits per heavy atom. The Morgan fingerprint density at radius 2 is 1.00 bits per heavy atom. The first-order valence-corrected chi connectivity index (χ1v) is 8.39. The first kappa shape index (κ1) is 18.0. The molecule has 0 aromatic heterocycles. The Morgan fingerprint density at radius 1 is 0.556 bits per heavy atom. The predicted molar refractivity (Wildman–Crippen MR) is 84.5 cm³/mol. The predicted octanol–water partition coefficient (Wildman–Crippen LogP) is 6.75. The summed E-state index contributed by atoms with van der Waals surface area (Å²) in [6.45, 7) is 10.2. The summed E-state index contributed by atoms with van der Waals surface area (Å²) in [5.74, 6) is 0.899. The molecule has 0 aromatic rings. The van der Waals surface area contributed by atoms with Gasteiger partial charge < -0.3 is 0 Å². The molecule has 0 heterocycles. The van der Waals surface area contributed by atoms with Gasteiger partial charge in [-0.25, -0.2) is 0 Å². The van der Waals surface area contributed by atoms with Gasteiger partial charge in [0.05, 0.1) is 0 Å². The van der Waals surface area contributed by atoms with Crippen molar-refractivity contribution in [3.8, 4) is 0 Å². The van der Waals surface area contributed by atoms with E-state index in [0.29, 0.717) is 0 Å². The highest BCUT2D eigenvalue weighted by Gasteiger charge is 1.99. The molecule has 108 valence electrons. The van der Waals surface area contributed by atoms with Crippen molar-refractivity contribution in [1.82, 2.24) is 0 Å². The molecule has 0 saturated carbocycles. The van der Waals surface area contributed by atoms with Gasteiger partial charge in [-0.2, -0.15) is 0 Å². The molecule has 0 spiro atoms. The zero-order valence-electron chi connectivity index (χ0n) is 12.9. The number of unbranched alkanes of at least 4 members (excludes halogenated alkanes) is 10. The molecular weight excluding hydrogens is 216 g/mol. The molecule has 0 nitrogen and oxygen atoms in total. The van der Waals surface area contributed by atoms with Crippen molar-refractivity contribution in [3.63, 3.8) is 0 Å². The summed E-state index contributed by atoms with van der Waals surface area (Å²) in [6, 6.07) is 0.